The summed E-state index contributed by atoms with van der Waals surface area (Å²) in [5, 5.41) is 0. The van der Waals surface area contributed by atoms with Crippen LogP contribution in [0.5, 0.6) is 0 Å². The van der Waals surface area contributed by atoms with Crippen LogP contribution in [0.2, 0.25) is 0 Å². The van der Waals surface area contributed by atoms with Crippen LogP contribution in [0.3, 0.4) is 0 Å². The van der Waals surface area contributed by atoms with E-state index in [0.717, 1.165) is 48.5 Å². The van der Waals surface area contributed by atoms with Gasteiger partial charge in [-0.25, -0.2) is 30.4 Å². The standard InChI is InChI=1S/C20H14F2N2O5S2/c1-13-2-11-18-19(12-13)24(31(28,29)17-9-5-15(22)6-10-17)20(25)23(18)30(26,27)16-7-3-14(21)4-8-16/h2-12H,1H3. The van der Waals surface area contributed by atoms with Gasteiger partial charge < -0.3 is 0 Å². The highest BCUT2D eigenvalue weighted by molar-refractivity contribution is 7.91. The Balaban J connectivity index is 2.09. The predicted octanol–water partition coefficient (Wildman–Crippen LogP) is 2.86. The Morgan fingerprint density at radius 1 is 0.645 bits per heavy atom. The summed E-state index contributed by atoms with van der Waals surface area (Å²) < 4.78 is 80.0. The Morgan fingerprint density at radius 2 is 1.06 bits per heavy atom. The number of aromatic nitrogens is 2. The molecule has 0 aliphatic carbocycles. The van der Waals surface area contributed by atoms with E-state index in [9.17, 15) is 30.4 Å². The first-order chi connectivity index (χ1) is 14.5. The maximum absolute atomic E-state index is 13.3. The Kier molecular flexibility index (Phi) is 4.82. The second-order valence-electron chi connectivity index (χ2n) is 6.72. The Hall–Kier alpha value is -3.31. The van der Waals surface area contributed by atoms with Crippen LogP contribution in [-0.2, 0) is 20.0 Å². The van der Waals surface area contributed by atoms with Gasteiger partial charge in [0.05, 0.1) is 20.8 Å². The molecule has 31 heavy (non-hydrogen) atoms. The highest BCUT2D eigenvalue weighted by Crippen LogP contribution is 2.24. The topological polar surface area (TPSA) is 95.2 Å². The fourth-order valence-electron chi connectivity index (χ4n) is 3.14. The SMILES string of the molecule is Cc1ccc2c(c1)n(S(=O)(=O)c1ccc(F)cc1)c(=O)n2S(=O)(=O)c1ccc(F)cc1. The maximum atomic E-state index is 13.3. The molecular formula is C20H14F2N2O5S2. The van der Waals surface area contributed by atoms with E-state index in [1.165, 1.54) is 18.2 Å². The van der Waals surface area contributed by atoms with Crippen molar-refractivity contribution >= 4 is 31.1 Å². The van der Waals surface area contributed by atoms with Gasteiger partial charge >= 0.3 is 5.69 Å². The third kappa shape index (κ3) is 3.35. The molecule has 1 aromatic heterocycles. The fourth-order valence-corrected chi connectivity index (χ4v) is 5.97. The summed E-state index contributed by atoms with van der Waals surface area (Å²) in [6.07, 6.45) is 0. The van der Waals surface area contributed by atoms with E-state index in [4.69, 9.17) is 0 Å². The molecule has 0 saturated heterocycles. The van der Waals surface area contributed by atoms with Gasteiger partial charge in [-0.15, -0.1) is 0 Å². The van der Waals surface area contributed by atoms with Crippen molar-refractivity contribution < 1.29 is 25.6 Å². The molecule has 160 valence electrons. The first-order valence-electron chi connectivity index (χ1n) is 8.80. The van der Waals surface area contributed by atoms with Crippen LogP contribution in [0.4, 0.5) is 8.78 Å². The van der Waals surface area contributed by atoms with Gasteiger partial charge in [-0.05, 0) is 73.2 Å². The van der Waals surface area contributed by atoms with Crippen LogP contribution in [-0.4, -0.2) is 24.8 Å². The fraction of sp³-hybridized carbons (Fsp3) is 0.0500. The van der Waals surface area contributed by atoms with E-state index >= 15 is 0 Å². The lowest BCUT2D eigenvalue weighted by Crippen LogP contribution is -2.33. The molecule has 0 radical (unpaired) electrons. The molecule has 1 heterocycles. The van der Waals surface area contributed by atoms with Gasteiger partial charge in [-0.1, -0.05) is 6.07 Å². The molecule has 0 atom stereocenters. The van der Waals surface area contributed by atoms with E-state index in [0.29, 0.717) is 13.5 Å². The van der Waals surface area contributed by atoms with Gasteiger partial charge in [-0.3, -0.25) is 0 Å². The number of nitrogens with zero attached hydrogens (tertiary/aromatic N) is 2. The Bertz CT molecular complexity index is 1590. The van der Waals surface area contributed by atoms with Crippen LogP contribution >= 0.6 is 0 Å². The molecule has 4 aromatic rings. The van der Waals surface area contributed by atoms with Crippen molar-refractivity contribution in [3.8, 4) is 0 Å². The highest BCUT2D eigenvalue weighted by Gasteiger charge is 2.31. The van der Waals surface area contributed by atoms with Crippen molar-refractivity contribution in [1.29, 1.82) is 0 Å². The van der Waals surface area contributed by atoms with Crippen LogP contribution in [0, 0.1) is 18.6 Å². The second-order valence-corrected chi connectivity index (χ2v) is 10.3. The molecule has 0 fully saturated rings. The van der Waals surface area contributed by atoms with Gasteiger partial charge in [0.15, 0.2) is 0 Å². The number of benzene rings is 3. The van der Waals surface area contributed by atoms with Gasteiger partial charge in [-0.2, -0.15) is 7.94 Å². The lowest BCUT2D eigenvalue weighted by atomic mass is 10.2. The van der Waals surface area contributed by atoms with Gasteiger partial charge in [0, 0.05) is 0 Å². The van der Waals surface area contributed by atoms with Crippen LogP contribution in [0.1, 0.15) is 5.56 Å². The van der Waals surface area contributed by atoms with Crippen LogP contribution in [0.15, 0.2) is 81.3 Å². The molecule has 0 amide bonds. The first-order valence-corrected chi connectivity index (χ1v) is 11.7. The zero-order valence-electron chi connectivity index (χ0n) is 15.9. The Labute approximate surface area is 175 Å². The van der Waals surface area contributed by atoms with Crippen LogP contribution < -0.4 is 5.69 Å². The largest absolute Gasteiger partial charge is 0.357 e. The van der Waals surface area contributed by atoms with Crippen molar-refractivity contribution in [2.45, 2.75) is 16.7 Å². The monoisotopic (exact) mass is 464 g/mol. The van der Waals surface area contributed by atoms with Crippen molar-refractivity contribution in [3.05, 3.63) is 94.4 Å². The zero-order chi connectivity index (χ0) is 22.6. The summed E-state index contributed by atoms with van der Waals surface area (Å²) in [7, 11) is -9.13. The number of rotatable bonds is 4. The van der Waals surface area contributed by atoms with Crippen LogP contribution in [0.25, 0.3) is 11.0 Å². The molecule has 11 heteroatoms. The van der Waals surface area contributed by atoms with E-state index in [2.05, 4.69) is 0 Å². The van der Waals surface area contributed by atoms with Gasteiger partial charge in [0.25, 0.3) is 20.0 Å². The summed E-state index contributed by atoms with van der Waals surface area (Å²) in [5.74, 6) is -1.35. The number of hydrogen-bond acceptors (Lipinski definition) is 5. The highest BCUT2D eigenvalue weighted by atomic mass is 32.2. The first kappa shape index (κ1) is 20.9. The maximum Gasteiger partial charge on any atom is 0.357 e. The average molecular weight is 464 g/mol. The molecule has 0 unspecified atom stereocenters. The van der Waals surface area contributed by atoms with E-state index in [1.807, 2.05) is 0 Å². The third-order valence-electron chi connectivity index (χ3n) is 4.62. The number of fused-ring (bicyclic) bond motifs is 1. The summed E-state index contributed by atoms with van der Waals surface area (Å²) in [4.78, 5) is 12.4. The molecule has 0 saturated carbocycles. The van der Waals surface area contributed by atoms with E-state index < -0.39 is 47.2 Å². The summed E-state index contributed by atoms with van der Waals surface area (Å²) in [6, 6.07) is 11.7. The molecule has 7 nitrogen and oxygen atoms in total. The summed E-state index contributed by atoms with van der Waals surface area (Å²) >= 11 is 0. The molecular weight excluding hydrogens is 450 g/mol. The second kappa shape index (κ2) is 7.13. The average Bonchev–Trinajstić information content (AvgIpc) is 3.00. The smallest absolute Gasteiger partial charge is 0.245 e. The lowest BCUT2D eigenvalue weighted by Gasteiger charge is -2.06. The number of hydrogen-bond donors (Lipinski definition) is 0. The zero-order valence-corrected chi connectivity index (χ0v) is 17.5. The lowest BCUT2D eigenvalue weighted by molar-refractivity contribution is 0.581. The minimum Gasteiger partial charge on any atom is -0.245 e. The molecule has 0 aliphatic rings. The minimum atomic E-state index is -4.57. The van der Waals surface area contributed by atoms with Crippen molar-refractivity contribution in [1.82, 2.24) is 7.94 Å². The Morgan fingerprint density at radius 3 is 1.52 bits per heavy atom. The van der Waals surface area contributed by atoms with Gasteiger partial charge in [0.2, 0.25) is 0 Å². The summed E-state index contributed by atoms with van der Waals surface area (Å²) in [6.45, 7) is 1.64. The van der Waals surface area contributed by atoms with Crippen molar-refractivity contribution in [2.24, 2.45) is 0 Å². The van der Waals surface area contributed by atoms with Gasteiger partial charge in [0.1, 0.15) is 11.6 Å². The van der Waals surface area contributed by atoms with E-state index in [-0.39, 0.29) is 11.0 Å². The molecule has 0 N–H and O–H groups in total. The van der Waals surface area contributed by atoms with Crippen molar-refractivity contribution in [3.63, 3.8) is 0 Å². The molecule has 0 bridgehead atoms. The molecule has 0 spiro atoms. The number of imidazole rings is 1. The summed E-state index contributed by atoms with van der Waals surface area (Å²) in [5.41, 5.74) is -1.12. The van der Waals surface area contributed by atoms with E-state index in [1.54, 1.807) is 6.92 Å². The molecule has 0 aliphatic heterocycles. The normalized spacial score (nSPS) is 12.4. The quantitative estimate of drug-likeness (QED) is 0.463. The molecule has 4 rings (SSSR count). The minimum absolute atomic E-state index is 0.167. The predicted molar refractivity (Wildman–Crippen MR) is 109 cm³/mol. The number of aryl methyl sites for hydroxylation is 1. The van der Waals surface area contributed by atoms with Crippen molar-refractivity contribution in [2.75, 3.05) is 0 Å². The molecule has 3 aromatic carbocycles. The third-order valence-corrected chi connectivity index (χ3v) is 8.02. The number of halogens is 2.